The van der Waals surface area contributed by atoms with Gasteiger partial charge in [-0.2, -0.15) is 0 Å². The van der Waals surface area contributed by atoms with Crippen LogP contribution in [0.1, 0.15) is 16.2 Å². The van der Waals surface area contributed by atoms with Crippen LogP contribution in [0.2, 0.25) is 0 Å². The van der Waals surface area contributed by atoms with Crippen LogP contribution in [-0.4, -0.2) is 25.3 Å². The molecule has 0 amide bonds. The monoisotopic (exact) mass is 278 g/mol. The van der Waals surface area contributed by atoms with Gasteiger partial charge in [-0.05, 0) is 24.3 Å². The van der Waals surface area contributed by atoms with Gasteiger partial charge in [-0.25, -0.2) is 4.98 Å². The Balaban J connectivity index is 1.76. The fourth-order valence-corrected chi connectivity index (χ4v) is 2.10. The molecule has 0 aromatic carbocycles. The normalized spacial score (nSPS) is 10.5. The van der Waals surface area contributed by atoms with E-state index in [1.807, 2.05) is 30.3 Å². The molecule has 3 aromatic rings. The Morgan fingerprint density at radius 3 is 2.67 bits per heavy atom. The van der Waals surface area contributed by atoms with Crippen LogP contribution >= 0.6 is 0 Å². The number of rotatable bonds is 4. The number of carbonyl (C=O) groups excluding carboxylic acids is 1. The Morgan fingerprint density at radius 1 is 1.14 bits per heavy atom. The molecule has 0 bridgehead atoms. The van der Waals surface area contributed by atoms with E-state index in [0.717, 1.165) is 17.0 Å². The van der Waals surface area contributed by atoms with Crippen LogP contribution in [0.4, 0.5) is 0 Å². The van der Waals surface area contributed by atoms with Crippen molar-refractivity contribution in [3.8, 4) is 11.3 Å². The lowest BCUT2D eigenvalue weighted by Gasteiger charge is -2.03. The largest absolute Gasteiger partial charge is 0.331 e. The third-order valence-corrected chi connectivity index (χ3v) is 3.23. The number of pyridine rings is 2. The first-order chi connectivity index (χ1) is 10.2. The summed E-state index contributed by atoms with van der Waals surface area (Å²) in [5, 5.41) is 0. The number of ketones is 1. The maximum Gasteiger partial charge on any atom is 0.186 e. The molecule has 0 saturated carbocycles. The summed E-state index contributed by atoms with van der Waals surface area (Å²) >= 11 is 0. The zero-order chi connectivity index (χ0) is 14.7. The minimum Gasteiger partial charge on any atom is -0.331 e. The molecule has 21 heavy (non-hydrogen) atoms. The Labute approximate surface area is 122 Å². The van der Waals surface area contributed by atoms with Crippen molar-refractivity contribution >= 4 is 5.78 Å². The van der Waals surface area contributed by atoms with Crippen molar-refractivity contribution in [2.75, 3.05) is 0 Å². The SMILES string of the molecule is Cn1cncc1C(=O)Cc1ccc(-c2ccccn2)cn1. The molecular formula is C16H14N4O. The maximum atomic E-state index is 12.1. The summed E-state index contributed by atoms with van der Waals surface area (Å²) in [6.07, 6.45) is 6.95. The molecule has 0 aliphatic rings. The third kappa shape index (κ3) is 2.86. The van der Waals surface area contributed by atoms with Crippen molar-refractivity contribution in [2.24, 2.45) is 7.05 Å². The molecule has 3 aromatic heterocycles. The molecule has 3 heterocycles. The van der Waals surface area contributed by atoms with Crippen molar-refractivity contribution in [3.63, 3.8) is 0 Å². The van der Waals surface area contributed by atoms with Crippen LogP contribution in [-0.2, 0) is 13.5 Å². The van der Waals surface area contributed by atoms with Crippen molar-refractivity contribution in [1.82, 2.24) is 19.5 Å². The molecule has 0 atom stereocenters. The van der Waals surface area contributed by atoms with Gasteiger partial charge in [-0.3, -0.25) is 14.8 Å². The maximum absolute atomic E-state index is 12.1. The Morgan fingerprint density at radius 2 is 2.05 bits per heavy atom. The highest BCUT2D eigenvalue weighted by Gasteiger charge is 2.11. The highest BCUT2D eigenvalue weighted by molar-refractivity contribution is 5.95. The molecule has 0 fully saturated rings. The molecule has 0 spiro atoms. The van der Waals surface area contributed by atoms with Gasteiger partial charge in [0.05, 0.1) is 24.6 Å². The fraction of sp³-hybridized carbons (Fsp3) is 0.125. The standard InChI is InChI=1S/C16H14N4O/c1-20-11-17-10-15(20)16(21)8-13-6-5-12(9-19-13)14-4-2-3-7-18-14/h2-7,9-11H,8H2,1H3. The van der Waals surface area contributed by atoms with Gasteiger partial charge < -0.3 is 4.57 Å². The lowest BCUT2D eigenvalue weighted by atomic mass is 10.1. The highest BCUT2D eigenvalue weighted by atomic mass is 16.1. The Hall–Kier alpha value is -2.82. The second kappa shape index (κ2) is 5.66. The van der Waals surface area contributed by atoms with E-state index in [4.69, 9.17) is 0 Å². The number of carbonyl (C=O) groups is 1. The first-order valence-corrected chi connectivity index (χ1v) is 6.60. The predicted octanol–water partition coefficient (Wildman–Crippen LogP) is 2.30. The van der Waals surface area contributed by atoms with Gasteiger partial charge in [0, 0.05) is 30.7 Å². The average molecular weight is 278 g/mol. The first-order valence-electron chi connectivity index (χ1n) is 6.60. The van der Waals surface area contributed by atoms with Gasteiger partial charge in [0.15, 0.2) is 5.78 Å². The van der Waals surface area contributed by atoms with E-state index in [0.29, 0.717) is 5.69 Å². The van der Waals surface area contributed by atoms with Crippen LogP contribution in [0.15, 0.2) is 55.2 Å². The fourth-order valence-electron chi connectivity index (χ4n) is 2.10. The number of imidazole rings is 1. The van der Waals surface area contributed by atoms with Crippen molar-refractivity contribution in [3.05, 3.63) is 66.6 Å². The molecular weight excluding hydrogens is 264 g/mol. The van der Waals surface area contributed by atoms with Crippen molar-refractivity contribution in [1.29, 1.82) is 0 Å². The summed E-state index contributed by atoms with van der Waals surface area (Å²) in [4.78, 5) is 24.7. The van der Waals surface area contributed by atoms with Crippen molar-refractivity contribution < 1.29 is 4.79 Å². The van der Waals surface area contributed by atoms with E-state index in [1.165, 1.54) is 0 Å². The lowest BCUT2D eigenvalue weighted by molar-refractivity contribution is 0.0984. The van der Waals surface area contributed by atoms with Gasteiger partial charge in [0.25, 0.3) is 0 Å². The molecule has 0 unspecified atom stereocenters. The van der Waals surface area contributed by atoms with Crippen LogP contribution in [0.5, 0.6) is 0 Å². The number of hydrogen-bond donors (Lipinski definition) is 0. The molecule has 3 rings (SSSR count). The summed E-state index contributed by atoms with van der Waals surface area (Å²) in [7, 11) is 1.80. The highest BCUT2D eigenvalue weighted by Crippen LogP contribution is 2.15. The van der Waals surface area contributed by atoms with Crippen LogP contribution < -0.4 is 0 Å². The molecule has 0 aliphatic heterocycles. The van der Waals surface area contributed by atoms with Gasteiger partial charge >= 0.3 is 0 Å². The molecule has 0 aliphatic carbocycles. The molecule has 5 nitrogen and oxygen atoms in total. The van der Waals surface area contributed by atoms with Crippen LogP contribution in [0.25, 0.3) is 11.3 Å². The van der Waals surface area contributed by atoms with E-state index in [9.17, 15) is 4.79 Å². The van der Waals surface area contributed by atoms with E-state index < -0.39 is 0 Å². The predicted molar refractivity (Wildman–Crippen MR) is 78.7 cm³/mol. The van der Waals surface area contributed by atoms with Crippen molar-refractivity contribution in [2.45, 2.75) is 6.42 Å². The third-order valence-electron chi connectivity index (χ3n) is 3.23. The number of nitrogens with zero attached hydrogens (tertiary/aromatic N) is 4. The second-order valence-corrected chi connectivity index (χ2v) is 4.74. The van der Waals surface area contributed by atoms with Crippen LogP contribution in [0, 0.1) is 0 Å². The first kappa shape index (κ1) is 13.2. The molecule has 0 N–H and O–H groups in total. The van der Waals surface area contributed by atoms with E-state index in [2.05, 4.69) is 15.0 Å². The molecule has 0 saturated heterocycles. The molecule has 5 heteroatoms. The number of aromatic nitrogens is 4. The Bertz CT molecular complexity index is 747. The van der Waals surface area contributed by atoms with Crippen LogP contribution in [0.3, 0.4) is 0 Å². The van der Waals surface area contributed by atoms with E-state index >= 15 is 0 Å². The molecule has 104 valence electrons. The van der Waals surface area contributed by atoms with Gasteiger partial charge in [-0.1, -0.05) is 6.07 Å². The Kier molecular flexibility index (Phi) is 3.55. The smallest absolute Gasteiger partial charge is 0.186 e. The minimum absolute atomic E-state index is 0.00749. The van der Waals surface area contributed by atoms with Gasteiger partial charge in [0.2, 0.25) is 0 Å². The number of aryl methyl sites for hydroxylation is 1. The van der Waals surface area contributed by atoms with E-state index in [-0.39, 0.29) is 12.2 Å². The zero-order valence-corrected chi connectivity index (χ0v) is 11.6. The minimum atomic E-state index is 0.00749. The van der Waals surface area contributed by atoms with Gasteiger partial charge in [-0.15, -0.1) is 0 Å². The summed E-state index contributed by atoms with van der Waals surface area (Å²) in [6, 6.07) is 9.52. The summed E-state index contributed by atoms with van der Waals surface area (Å²) < 4.78 is 1.71. The number of Topliss-reactive ketones (excluding diaryl/α,β-unsaturated/α-hetero) is 1. The zero-order valence-electron chi connectivity index (χ0n) is 11.6. The summed E-state index contributed by atoms with van der Waals surface area (Å²) in [6.45, 7) is 0. The van der Waals surface area contributed by atoms with E-state index in [1.54, 1.807) is 36.5 Å². The topological polar surface area (TPSA) is 60.7 Å². The van der Waals surface area contributed by atoms with Gasteiger partial charge in [0.1, 0.15) is 5.69 Å². The summed E-state index contributed by atoms with van der Waals surface area (Å²) in [5.41, 5.74) is 3.13. The quantitative estimate of drug-likeness (QED) is 0.687. The second-order valence-electron chi connectivity index (χ2n) is 4.74. The lowest BCUT2D eigenvalue weighted by Crippen LogP contribution is -2.09. The number of hydrogen-bond acceptors (Lipinski definition) is 4. The summed E-state index contributed by atoms with van der Waals surface area (Å²) in [5.74, 6) is 0.00749. The molecule has 0 radical (unpaired) electrons. The average Bonchev–Trinajstić information content (AvgIpc) is 2.95.